The summed E-state index contributed by atoms with van der Waals surface area (Å²) in [5.74, 6) is 0. The fourth-order valence-electron chi connectivity index (χ4n) is 2.45. The Hall–Kier alpha value is -0.420. The van der Waals surface area contributed by atoms with Crippen molar-refractivity contribution in [3.05, 3.63) is 21.9 Å². The third-order valence-corrected chi connectivity index (χ3v) is 4.71. The second-order valence-corrected chi connectivity index (χ2v) is 7.11. The van der Waals surface area contributed by atoms with Crippen molar-refractivity contribution >= 4 is 11.3 Å². The molecule has 1 aromatic heterocycles. The highest BCUT2D eigenvalue weighted by Gasteiger charge is 2.09. The van der Waals surface area contributed by atoms with Crippen LogP contribution < -0.4 is 5.32 Å². The molecule has 114 valence electrons. The van der Waals surface area contributed by atoms with Gasteiger partial charge in [-0.3, -0.25) is 0 Å². The first-order chi connectivity index (χ1) is 9.74. The first kappa shape index (κ1) is 16.0. The van der Waals surface area contributed by atoms with Gasteiger partial charge in [0.1, 0.15) is 0 Å². The van der Waals surface area contributed by atoms with Crippen LogP contribution in [-0.4, -0.2) is 37.2 Å². The molecule has 2 heterocycles. The van der Waals surface area contributed by atoms with Gasteiger partial charge >= 0.3 is 0 Å². The average Bonchev–Trinajstić information content (AvgIpc) is 2.90. The van der Waals surface area contributed by atoms with E-state index in [-0.39, 0.29) is 0 Å². The minimum absolute atomic E-state index is 0.543. The Morgan fingerprint density at radius 3 is 2.70 bits per heavy atom. The maximum Gasteiger partial charge on any atom is 0.0810 e. The number of ether oxygens (including phenoxy) is 1. The summed E-state index contributed by atoms with van der Waals surface area (Å²) in [6.07, 6.45) is 4.12. The molecule has 1 saturated heterocycles. The molecule has 2 rings (SSSR count). The number of hydrogen-bond acceptors (Lipinski definition) is 4. The fourth-order valence-corrected chi connectivity index (χ4v) is 3.36. The topological polar surface area (TPSA) is 24.5 Å². The molecular formula is C16H28N2OS. The van der Waals surface area contributed by atoms with E-state index in [2.05, 4.69) is 36.2 Å². The predicted molar refractivity (Wildman–Crippen MR) is 86.2 cm³/mol. The molecule has 20 heavy (non-hydrogen) atoms. The van der Waals surface area contributed by atoms with Gasteiger partial charge in [-0.15, -0.1) is 11.3 Å². The maximum atomic E-state index is 5.81. The van der Waals surface area contributed by atoms with Gasteiger partial charge in [0.25, 0.3) is 0 Å². The van der Waals surface area contributed by atoms with Gasteiger partial charge in [0.15, 0.2) is 0 Å². The van der Waals surface area contributed by atoms with Gasteiger partial charge in [-0.1, -0.05) is 20.3 Å². The van der Waals surface area contributed by atoms with E-state index in [0.717, 1.165) is 26.3 Å². The lowest BCUT2D eigenvalue weighted by Gasteiger charge is -2.26. The molecule has 0 amide bonds. The zero-order valence-corrected chi connectivity index (χ0v) is 13.7. The number of hydrogen-bond donors (Lipinski definition) is 1. The molecule has 0 aromatic carbocycles. The Morgan fingerprint density at radius 2 is 1.95 bits per heavy atom. The summed E-state index contributed by atoms with van der Waals surface area (Å²) in [6, 6.07) is 4.95. The molecule has 0 spiro atoms. The van der Waals surface area contributed by atoms with E-state index in [9.17, 15) is 0 Å². The smallest absolute Gasteiger partial charge is 0.0810 e. The first-order valence-electron chi connectivity index (χ1n) is 7.85. The van der Waals surface area contributed by atoms with Crippen molar-refractivity contribution in [1.29, 1.82) is 0 Å². The van der Waals surface area contributed by atoms with E-state index >= 15 is 0 Å². The largest absolute Gasteiger partial charge is 0.375 e. The lowest BCUT2D eigenvalue weighted by Crippen LogP contribution is -2.32. The van der Waals surface area contributed by atoms with Crippen molar-refractivity contribution in [3.8, 4) is 0 Å². The molecule has 1 N–H and O–H groups in total. The van der Waals surface area contributed by atoms with Crippen molar-refractivity contribution in [2.45, 2.75) is 52.3 Å². The van der Waals surface area contributed by atoms with Gasteiger partial charge in [0.2, 0.25) is 0 Å². The molecule has 0 unspecified atom stereocenters. The third-order valence-electron chi connectivity index (χ3n) is 3.65. The summed E-state index contributed by atoms with van der Waals surface area (Å²) in [7, 11) is 0. The monoisotopic (exact) mass is 296 g/mol. The summed E-state index contributed by atoms with van der Waals surface area (Å²) >= 11 is 1.86. The highest BCUT2D eigenvalue weighted by molar-refractivity contribution is 7.11. The third kappa shape index (κ3) is 5.92. The van der Waals surface area contributed by atoms with Gasteiger partial charge in [-0.25, -0.2) is 0 Å². The number of rotatable bonds is 8. The van der Waals surface area contributed by atoms with Crippen molar-refractivity contribution in [1.82, 2.24) is 10.2 Å². The maximum absolute atomic E-state index is 5.81. The second-order valence-electron chi connectivity index (χ2n) is 5.86. The number of nitrogens with zero attached hydrogens (tertiary/aromatic N) is 1. The molecule has 0 atom stereocenters. The minimum atomic E-state index is 0.543. The lowest BCUT2D eigenvalue weighted by molar-refractivity contribution is 0.0878. The molecule has 1 aliphatic heterocycles. The standard InChI is InChI=1S/C16H28N2OS/c1-14(2)17-12-15-6-7-16(20-15)13-19-11-10-18-8-4-3-5-9-18/h6-7,14,17H,3-5,8-13H2,1-2H3. The highest BCUT2D eigenvalue weighted by Crippen LogP contribution is 2.17. The number of nitrogens with one attached hydrogen (secondary N) is 1. The molecule has 0 bridgehead atoms. The molecule has 0 saturated carbocycles. The zero-order valence-electron chi connectivity index (χ0n) is 12.9. The first-order valence-corrected chi connectivity index (χ1v) is 8.67. The van der Waals surface area contributed by atoms with E-state index in [4.69, 9.17) is 4.74 Å². The van der Waals surface area contributed by atoms with E-state index in [1.54, 1.807) is 0 Å². The number of thiophene rings is 1. The van der Waals surface area contributed by atoms with Gasteiger partial charge < -0.3 is 15.0 Å². The van der Waals surface area contributed by atoms with Gasteiger partial charge in [-0.2, -0.15) is 0 Å². The SMILES string of the molecule is CC(C)NCc1ccc(COCCN2CCCCC2)s1. The average molecular weight is 296 g/mol. The lowest BCUT2D eigenvalue weighted by atomic mass is 10.1. The van der Waals surface area contributed by atoms with Crippen LogP contribution in [0.25, 0.3) is 0 Å². The fraction of sp³-hybridized carbons (Fsp3) is 0.750. The highest BCUT2D eigenvalue weighted by atomic mass is 32.1. The summed E-state index contributed by atoms with van der Waals surface area (Å²) in [4.78, 5) is 5.26. The zero-order chi connectivity index (χ0) is 14.2. The Bertz CT molecular complexity index is 372. The van der Waals surface area contributed by atoms with Gasteiger partial charge in [0.05, 0.1) is 13.2 Å². The molecule has 3 nitrogen and oxygen atoms in total. The Balaban J connectivity index is 1.59. The number of likely N-dealkylation sites (tertiary alicyclic amines) is 1. The summed E-state index contributed by atoms with van der Waals surface area (Å²) in [6.45, 7) is 10.6. The molecule has 1 fully saturated rings. The van der Waals surface area contributed by atoms with Crippen LogP contribution in [0, 0.1) is 0 Å². The molecule has 0 aliphatic carbocycles. The summed E-state index contributed by atoms with van der Waals surface area (Å²) in [5, 5.41) is 3.45. The van der Waals surface area contributed by atoms with Gasteiger partial charge in [-0.05, 0) is 38.1 Å². The van der Waals surface area contributed by atoms with Gasteiger partial charge in [0, 0.05) is 28.9 Å². The van der Waals surface area contributed by atoms with Crippen LogP contribution in [0.2, 0.25) is 0 Å². The predicted octanol–water partition coefficient (Wildman–Crippen LogP) is 3.25. The molecule has 1 aliphatic rings. The van der Waals surface area contributed by atoms with E-state index in [0.29, 0.717) is 6.04 Å². The Morgan fingerprint density at radius 1 is 1.20 bits per heavy atom. The van der Waals surface area contributed by atoms with Crippen LogP contribution in [0.4, 0.5) is 0 Å². The van der Waals surface area contributed by atoms with Crippen molar-refractivity contribution in [2.24, 2.45) is 0 Å². The quantitative estimate of drug-likeness (QED) is 0.745. The summed E-state index contributed by atoms with van der Waals surface area (Å²) in [5.41, 5.74) is 0. The van der Waals surface area contributed by atoms with E-state index in [1.807, 2.05) is 11.3 Å². The Labute approximate surface area is 127 Å². The summed E-state index contributed by atoms with van der Waals surface area (Å²) < 4.78 is 5.81. The van der Waals surface area contributed by atoms with Crippen LogP contribution in [0.5, 0.6) is 0 Å². The van der Waals surface area contributed by atoms with Crippen LogP contribution in [0.15, 0.2) is 12.1 Å². The van der Waals surface area contributed by atoms with Crippen LogP contribution in [-0.2, 0) is 17.9 Å². The van der Waals surface area contributed by atoms with Crippen LogP contribution >= 0.6 is 11.3 Å². The van der Waals surface area contributed by atoms with Crippen molar-refractivity contribution < 1.29 is 4.74 Å². The van der Waals surface area contributed by atoms with Crippen LogP contribution in [0.1, 0.15) is 42.9 Å². The molecule has 0 radical (unpaired) electrons. The molecule has 1 aromatic rings. The van der Waals surface area contributed by atoms with Crippen molar-refractivity contribution in [3.63, 3.8) is 0 Å². The minimum Gasteiger partial charge on any atom is -0.375 e. The van der Waals surface area contributed by atoms with Crippen molar-refractivity contribution in [2.75, 3.05) is 26.2 Å². The molecular weight excluding hydrogens is 268 g/mol. The van der Waals surface area contributed by atoms with E-state index < -0.39 is 0 Å². The molecule has 4 heteroatoms. The van der Waals surface area contributed by atoms with E-state index in [1.165, 1.54) is 42.1 Å². The normalized spacial score (nSPS) is 16.9. The Kier molecular flexibility index (Phi) is 7.00. The number of piperidine rings is 1. The second kappa shape index (κ2) is 8.78. The van der Waals surface area contributed by atoms with Crippen LogP contribution in [0.3, 0.4) is 0 Å².